The monoisotopic (exact) mass is 308 g/mol. The third-order valence-electron chi connectivity index (χ3n) is 3.50. The summed E-state index contributed by atoms with van der Waals surface area (Å²) in [5.41, 5.74) is -0.125. The Kier molecular flexibility index (Phi) is 4.55. The van der Waals surface area contributed by atoms with Crippen molar-refractivity contribution in [2.45, 2.75) is 17.7 Å². The van der Waals surface area contributed by atoms with Gasteiger partial charge in [0, 0.05) is 26.3 Å². The van der Waals surface area contributed by atoms with Gasteiger partial charge < -0.3 is 5.32 Å². The molecule has 2 rings (SSSR count). The number of hydrogen-bond donors (Lipinski definition) is 1. The Balaban J connectivity index is 2.31. The number of sulfonamides is 1. The fraction of sp³-hybridized carbons (Fsp3) is 0.462. The van der Waals surface area contributed by atoms with Crippen LogP contribution >= 0.6 is 0 Å². The lowest BCUT2D eigenvalue weighted by molar-refractivity contribution is -0.125. The van der Waals surface area contributed by atoms with Crippen molar-refractivity contribution in [2.24, 2.45) is 5.92 Å². The zero-order valence-electron chi connectivity index (χ0n) is 11.6. The van der Waals surface area contributed by atoms with E-state index in [1.165, 1.54) is 29.7 Å². The van der Waals surface area contributed by atoms with E-state index in [9.17, 15) is 13.2 Å². The standard InChI is InChI=1S/C13H16N4O3S/c1-15-13(18)10-4-3-7-17(9-10)21(19,20)12-5-2-6-16-11(12)8-14/h2,5-6,10H,3-4,7,9H2,1H3,(H,15,18). The number of aromatic nitrogens is 1. The lowest BCUT2D eigenvalue weighted by Gasteiger charge is -2.30. The molecule has 1 aliphatic rings. The van der Waals surface area contributed by atoms with Gasteiger partial charge in [0.25, 0.3) is 0 Å². The Morgan fingerprint density at radius 1 is 1.57 bits per heavy atom. The van der Waals surface area contributed by atoms with E-state index < -0.39 is 10.0 Å². The van der Waals surface area contributed by atoms with E-state index >= 15 is 0 Å². The average Bonchev–Trinajstić information content (AvgIpc) is 2.54. The van der Waals surface area contributed by atoms with Crippen molar-refractivity contribution in [1.29, 1.82) is 5.26 Å². The maximum atomic E-state index is 12.6. The molecule has 1 N–H and O–H groups in total. The molecule has 0 aliphatic carbocycles. The van der Waals surface area contributed by atoms with Crippen LogP contribution in [0, 0.1) is 17.2 Å². The first-order valence-electron chi connectivity index (χ1n) is 6.57. The van der Waals surface area contributed by atoms with E-state index in [0.29, 0.717) is 19.4 Å². The lowest BCUT2D eigenvalue weighted by atomic mass is 9.99. The summed E-state index contributed by atoms with van der Waals surface area (Å²) < 4.78 is 26.5. The highest BCUT2D eigenvalue weighted by Gasteiger charge is 2.34. The van der Waals surface area contributed by atoms with Gasteiger partial charge in [-0.1, -0.05) is 0 Å². The lowest BCUT2D eigenvalue weighted by Crippen LogP contribution is -2.44. The largest absolute Gasteiger partial charge is 0.359 e. The summed E-state index contributed by atoms with van der Waals surface area (Å²) in [5, 5.41) is 11.5. The number of nitrogens with zero attached hydrogens (tertiary/aromatic N) is 3. The van der Waals surface area contributed by atoms with Crippen LogP contribution in [0.2, 0.25) is 0 Å². The molecule has 1 aromatic heterocycles. The van der Waals surface area contributed by atoms with Crippen molar-refractivity contribution in [3.8, 4) is 6.07 Å². The van der Waals surface area contributed by atoms with E-state index in [1.807, 2.05) is 0 Å². The minimum absolute atomic E-state index is 0.106. The molecule has 7 nitrogen and oxygen atoms in total. The first-order chi connectivity index (χ1) is 10.0. The van der Waals surface area contributed by atoms with Gasteiger partial charge in [0.15, 0.2) is 5.69 Å². The number of pyridine rings is 1. The highest BCUT2D eigenvalue weighted by atomic mass is 32.2. The van der Waals surface area contributed by atoms with Crippen molar-refractivity contribution in [3.63, 3.8) is 0 Å². The van der Waals surface area contributed by atoms with Gasteiger partial charge in [-0.15, -0.1) is 0 Å². The third-order valence-corrected chi connectivity index (χ3v) is 5.39. The highest BCUT2D eigenvalue weighted by molar-refractivity contribution is 7.89. The molecule has 0 saturated carbocycles. The van der Waals surface area contributed by atoms with Crippen molar-refractivity contribution >= 4 is 15.9 Å². The van der Waals surface area contributed by atoms with E-state index in [2.05, 4.69) is 10.3 Å². The first-order valence-corrected chi connectivity index (χ1v) is 8.01. The summed E-state index contributed by atoms with van der Waals surface area (Å²) in [7, 11) is -2.28. The van der Waals surface area contributed by atoms with Crippen LogP contribution in [-0.2, 0) is 14.8 Å². The molecule has 1 aliphatic heterocycles. The summed E-state index contributed by atoms with van der Waals surface area (Å²) in [4.78, 5) is 15.4. The Labute approximate surface area is 123 Å². The Hall–Kier alpha value is -1.98. The fourth-order valence-corrected chi connectivity index (χ4v) is 4.02. The number of nitrogens with one attached hydrogen (secondary N) is 1. The van der Waals surface area contributed by atoms with Crippen LogP contribution in [0.4, 0.5) is 0 Å². The minimum Gasteiger partial charge on any atom is -0.359 e. The van der Waals surface area contributed by atoms with E-state index in [0.717, 1.165) is 0 Å². The topological polar surface area (TPSA) is 103 Å². The van der Waals surface area contributed by atoms with Crippen LogP contribution in [0.1, 0.15) is 18.5 Å². The molecule has 8 heteroatoms. The number of hydrogen-bond acceptors (Lipinski definition) is 5. The SMILES string of the molecule is CNC(=O)C1CCCN(S(=O)(=O)c2cccnc2C#N)C1. The molecule has 112 valence electrons. The zero-order chi connectivity index (χ0) is 15.5. The van der Waals surface area contributed by atoms with Crippen LogP contribution in [0.3, 0.4) is 0 Å². The van der Waals surface area contributed by atoms with Gasteiger partial charge in [0.1, 0.15) is 11.0 Å². The third kappa shape index (κ3) is 3.04. The van der Waals surface area contributed by atoms with Gasteiger partial charge in [-0.2, -0.15) is 9.57 Å². The molecular weight excluding hydrogens is 292 g/mol. The van der Waals surface area contributed by atoms with Gasteiger partial charge >= 0.3 is 0 Å². The van der Waals surface area contributed by atoms with Crippen LogP contribution < -0.4 is 5.32 Å². The molecule has 1 atom stereocenters. The Bertz CT molecular complexity index is 681. The summed E-state index contributed by atoms with van der Waals surface area (Å²) in [5.74, 6) is -0.526. The van der Waals surface area contributed by atoms with Crippen molar-refractivity contribution in [2.75, 3.05) is 20.1 Å². The Morgan fingerprint density at radius 2 is 2.33 bits per heavy atom. The normalized spacial score (nSPS) is 19.7. The fourth-order valence-electron chi connectivity index (χ4n) is 2.40. The summed E-state index contributed by atoms with van der Waals surface area (Å²) >= 11 is 0. The quantitative estimate of drug-likeness (QED) is 0.853. The van der Waals surface area contributed by atoms with Crippen molar-refractivity contribution < 1.29 is 13.2 Å². The molecule has 0 spiro atoms. The van der Waals surface area contributed by atoms with Crippen LogP contribution in [0.25, 0.3) is 0 Å². The second-order valence-electron chi connectivity index (χ2n) is 4.78. The van der Waals surface area contributed by atoms with E-state index in [4.69, 9.17) is 5.26 Å². The molecule has 1 fully saturated rings. The molecule has 1 amide bonds. The average molecular weight is 308 g/mol. The second-order valence-corrected chi connectivity index (χ2v) is 6.68. The van der Waals surface area contributed by atoms with Gasteiger partial charge in [-0.3, -0.25) is 4.79 Å². The number of piperidine rings is 1. The summed E-state index contributed by atoms with van der Waals surface area (Å²) in [6, 6.07) is 4.64. The van der Waals surface area contributed by atoms with Crippen LogP contribution in [0.15, 0.2) is 23.2 Å². The van der Waals surface area contributed by atoms with Gasteiger partial charge in [0.2, 0.25) is 15.9 Å². The Morgan fingerprint density at radius 3 is 3.00 bits per heavy atom. The number of amides is 1. The minimum atomic E-state index is -3.81. The number of nitriles is 1. The predicted molar refractivity (Wildman–Crippen MR) is 74.5 cm³/mol. The van der Waals surface area contributed by atoms with Crippen molar-refractivity contribution in [3.05, 3.63) is 24.0 Å². The first kappa shape index (κ1) is 15.4. The molecular formula is C13H16N4O3S. The van der Waals surface area contributed by atoms with Crippen LogP contribution in [-0.4, -0.2) is 43.8 Å². The molecule has 1 aromatic rings. The highest BCUT2D eigenvalue weighted by Crippen LogP contribution is 2.24. The smallest absolute Gasteiger partial charge is 0.245 e. The second kappa shape index (κ2) is 6.20. The number of carbonyl (C=O) groups excluding carboxylic acids is 1. The summed E-state index contributed by atoms with van der Waals surface area (Å²) in [6.07, 6.45) is 2.64. The molecule has 0 aromatic carbocycles. The van der Waals surface area contributed by atoms with Crippen molar-refractivity contribution in [1.82, 2.24) is 14.6 Å². The molecule has 2 heterocycles. The summed E-state index contributed by atoms with van der Waals surface area (Å²) in [6.45, 7) is 0.470. The molecule has 1 unspecified atom stereocenters. The van der Waals surface area contributed by atoms with Crippen LogP contribution in [0.5, 0.6) is 0 Å². The van der Waals surface area contributed by atoms with Gasteiger partial charge in [-0.05, 0) is 25.0 Å². The maximum absolute atomic E-state index is 12.6. The van der Waals surface area contributed by atoms with Gasteiger partial charge in [0.05, 0.1) is 5.92 Å². The number of carbonyl (C=O) groups is 1. The van der Waals surface area contributed by atoms with E-state index in [-0.39, 0.29) is 29.0 Å². The van der Waals surface area contributed by atoms with Gasteiger partial charge in [-0.25, -0.2) is 13.4 Å². The molecule has 1 saturated heterocycles. The predicted octanol–water partition coefficient (Wildman–Crippen LogP) is 0.1000. The molecule has 0 radical (unpaired) electrons. The number of rotatable bonds is 3. The maximum Gasteiger partial charge on any atom is 0.245 e. The van der Waals surface area contributed by atoms with E-state index in [1.54, 1.807) is 6.07 Å². The molecule has 0 bridgehead atoms. The zero-order valence-corrected chi connectivity index (χ0v) is 12.4. The molecule has 21 heavy (non-hydrogen) atoms.